The monoisotopic (exact) mass is 251 g/mol. The summed E-state index contributed by atoms with van der Waals surface area (Å²) in [4.78, 5) is 11.5. The van der Waals surface area contributed by atoms with Crippen LogP contribution in [0.4, 0.5) is 9.18 Å². The van der Waals surface area contributed by atoms with E-state index in [2.05, 4.69) is 16.0 Å². The van der Waals surface area contributed by atoms with Crippen LogP contribution in [-0.2, 0) is 6.54 Å². The lowest BCUT2D eigenvalue weighted by Gasteiger charge is -2.11. The van der Waals surface area contributed by atoms with E-state index in [1.807, 2.05) is 0 Å². The van der Waals surface area contributed by atoms with Gasteiger partial charge in [0.15, 0.2) is 0 Å². The van der Waals surface area contributed by atoms with Crippen LogP contribution < -0.4 is 16.0 Å². The summed E-state index contributed by atoms with van der Waals surface area (Å²) in [6.07, 6.45) is 1.09. The zero-order valence-corrected chi connectivity index (χ0v) is 10.2. The van der Waals surface area contributed by atoms with Crippen molar-refractivity contribution in [2.75, 3.05) is 19.6 Å². The lowest BCUT2D eigenvalue weighted by molar-refractivity contribution is 0.238. The van der Waals surface area contributed by atoms with Gasteiger partial charge in [0, 0.05) is 18.7 Å². The van der Waals surface area contributed by atoms with Crippen LogP contribution in [0.3, 0.4) is 0 Å². The van der Waals surface area contributed by atoms with Gasteiger partial charge in [-0.1, -0.05) is 18.2 Å². The van der Waals surface area contributed by atoms with Crippen molar-refractivity contribution in [1.82, 2.24) is 16.0 Å². The van der Waals surface area contributed by atoms with Gasteiger partial charge in [0.25, 0.3) is 0 Å². The summed E-state index contributed by atoms with van der Waals surface area (Å²) in [5.41, 5.74) is 0.496. The fourth-order valence-electron chi connectivity index (χ4n) is 2.01. The third kappa shape index (κ3) is 3.70. The second kappa shape index (κ2) is 6.35. The number of carbonyl (C=O) groups is 1. The predicted octanol–water partition coefficient (Wildman–Crippen LogP) is 1.23. The van der Waals surface area contributed by atoms with E-state index in [-0.39, 0.29) is 18.4 Å². The Labute approximate surface area is 106 Å². The molecule has 1 heterocycles. The summed E-state index contributed by atoms with van der Waals surface area (Å²) in [6, 6.07) is 6.19. The number of nitrogens with one attached hydrogen (secondary N) is 3. The zero-order valence-electron chi connectivity index (χ0n) is 10.2. The van der Waals surface area contributed by atoms with Gasteiger partial charge in [0.2, 0.25) is 0 Å². The van der Waals surface area contributed by atoms with Gasteiger partial charge in [-0.05, 0) is 31.5 Å². The average Bonchev–Trinajstić information content (AvgIpc) is 2.88. The molecule has 2 rings (SSSR count). The Morgan fingerprint density at radius 2 is 2.22 bits per heavy atom. The summed E-state index contributed by atoms with van der Waals surface area (Å²) in [6.45, 7) is 2.84. The van der Waals surface area contributed by atoms with Crippen LogP contribution in [-0.4, -0.2) is 25.7 Å². The van der Waals surface area contributed by atoms with E-state index in [0.29, 0.717) is 18.0 Å². The largest absolute Gasteiger partial charge is 0.338 e. The molecule has 1 atom stereocenters. The van der Waals surface area contributed by atoms with Crippen molar-refractivity contribution < 1.29 is 9.18 Å². The molecule has 1 fully saturated rings. The highest BCUT2D eigenvalue weighted by Crippen LogP contribution is 2.06. The molecule has 4 nitrogen and oxygen atoms in total. The second-order valence-electron chi connectivity index (χ2n) is 4.51. The molecule has 0 aliphatic carbocycles. The van der Waals surface area contributed by atoms with Gasteiger partial charge in [-0.2, -0.15) is 0 Å². The summed E-state index contributed by atoms with van der Waals surface area (Å²) in [7, 11) is 0. The van der Waals surface area contributed by atoms with Crippen LogP contribution in [0.5, 0.6) is 0 Å². The molecule has 0 radical (unpaired) electrons. The van der Waals surface area contributed by atoms with E-state index in [1.54, 1.807) is 18.2 Å². The third-order valence-corrected chi connectivity index (χ3v) is 3.11. The number of urea groups is 1. The highest BCUT2D eigenvalue weighted by Gasteiger charge is 2.14. The van der Waals surface area contributed by atoms with Crippen molar-refractivity contribution in [3.63, 3.8) is 0 Å². The highest BCUT2D eigenvalue weighted by molar-refractivity contribution is 5.73. The van der Waals surface area contributed by atoms with Crippen LogP contribution in [0, 0.1) is 11.7 Å². The molecule has 0 aromatic heterocycles. The third-order valence-electron chi connectivity index (χ3n) is 3.11. The maximum atomic E-state index is 13.3. The van der Waals surface area contributed by atoms with Crippen molar-refractivity contribution >= 4 is 6.03 Å². The molecular weight excluding hydrogens is 233 g/mol. The summed E-state index contributed by atoms with van der Waals surface area (Å²) >= 11 is 0. The predicted molar refractivity (Wildman–Crippen MR) is 67.6 cm³/mol. The van der Waals surface area contributed by atoms with E-state index in [0.717, 1.165) is 19.5 Å². The zero-order chi connectivity index (χ0) is 12.8. The Hall–Kier alpha value is -1.62. The smallest absolute Gasteiger partial charge is 0.315 e. The Kier molecular flexibility index (Phi) is 4.52. The minimum atomic E-state index is -0.294. The van der Waals surface area contributed by atoms with Gasteiger partial charge in [0.05, 0.1) is 0 Å². The highest BCUT2D eigenvalue weighted by atomic mass is 19.1. The van der Waals surface area contributed by atoms with Crippen LogP contribution in [0.15, 0.2) is 24.3 Å². The number of carbonyl (C=O) groups excluding carboxylic acids is 1. The van der Waals surface area contributed by atoms with Gasteiger partial charge < -0.3 is 16.0 Å². The van der Waals surface area contributed by atoms with Crippen LogP contribution >= 0.6 is 0 Å². The fourth-order valence-corrected chi connectivity index (χ4v) is 2.01. The molecule has 1 unspecified atom stereocenters. The Morgan fingerprint density at radius 1 is 1.39 bits per heavy atom. The van der Waals surface area contributed by atoms with E-state index in [4.69, 9.17) is 0 Å². The molecule has 98 valence electrons. The maximum absolute atomic E-state index is 13.3. The number of hydrogen-bond donors (Lipinski definition) is 3. The van der Waals surface area contributed by atoms with Gasteiger partial charge in [-0.15, -0.1) is 0 Å². The molecular formula is C13H18FN3O. The topological polar surface area (TPSA) is 53.2 Å². The van der Waals surface area contributed by atoms with Crippen molar-refractivity contribution in [3.8, 4) is 0 Å². The van der Waals surface area contributed by atoms with Gasteiger partial charge in [-0.3, -0.25) is 0 Å². The quantitative estimate of drug-likeness (QED) is 0.754. The molecule has 1 aliphatic heterocycles. The maximum Gasteiger partial charge on any atom is 0.315 e. The molecule has 0 spiro atoms. The standard InChI is InChI=1S/C13H18FN3O/c14-12-4-2-1-3-11(12)9-17-13(18)16-8-10-5-6-15-7-10/h1-4,10,15H,5-9H2,(H2,16,17,18). The van der Waals surface area contributed by atoms with Crippen LogP contribution in [0.2, 0.25) is 0 Å². The first-order chi connectivity index (χ1) is 8.75. The number of hydrogen-bond acceptors (Lipinski definition) is 2. The van der Waals surface area contributed by atoms with Crippen LogP contribution in [0.1, 0.15) is 12.0 Å². The van der Waals surface area contributed by atoms with Crippen molar-refractivity contribution in [3.05, 3.63) is 35.6 Å². The molecule has 1 aromatic carbocycles. The summed E-state index contributed by atoms with van der Waals surface area (Å²) in [5.74, 6) is 0.210. The number of amides is 2. The normalized spacial score (nSPS) is 18.6. The first-order valence-electron chi connectivity index (χ1n) is 6.21. The minimum absolute atomic E-state index is 0.210. The molecule has 1 saturated heterocycles. The molecule has 0 saturated carbocycles. The molecule has 18 heavy (non-hydrogen) atoms. The first kappa shape index (κ1) is 12.8. The van der Waals surface area contributed by atoms with Crippen molar-refractivity contribution in [2.45, 2.75) is 13.0 Å². The molecule has 2 amide bonds. The Bertz CT molecular complexity index is 405. The molecule has 5 heteroatoms. The molecule has 1 aromatic rings. The lowest BCUT2D eigenvalue weighted by atomic mass is 10.1. The van der Waals surface area contributed by atoms with E-state index in [1.165, 1.54) is 6.07 Å². The summed E-state index contributed by atoms with van der Waals surface area (Å²) in [5, 5.41) is 8.70. The van der Waals surface area contributed by atoms with Gasteiger partial charge in [0.1, 0.15) is 5.82 Å². The number of rotatable bonds is 4. The van der Waals surface area contributed by atoms with E-state index >= 15 is 0 Å². The van der Waals surface area contributed by atoms with Gasteiger partial charge >= 0.3 is 6.03 Å². The number of benzene rings is 1. The molecule has 1 aliphatic rings. The first-order valence-corrected chi connectivity index (χ1v) is 6.21. The Balaban J connectivity index is 1.69. The number of halogens is 1. The van der Waals surface area contributed by atoms with E-state index < -0.39 is 0 Å². The average molecular weight is 251 g/mol. The molecule has 3 N–H and O–H groups in total. The SMILES string of the molecule is O=C(NCc1ccccc1F)NCC1CCNC1. The molecule has 0 bridgehead atoms. The lowest BCUT2D eigenvalue weighted by Crippen LogP contribution is -2.38. The van der Waals surface area contributed by atoms with Crippen molar-refractivity contribution in [1.29, 1.82) is 0 Å². The van der Waals surface area contributed by atoms with Gasteiger partial charge in [-0.25, -0.2) is 9.18 Å². The fraction of sp³-hybridized carbons (Fsp3) is 0.462. The van der Waals surface area contributed by atoms with Crippen LogP contribution in [0.25, 0.3) is 0 Å². The Morgan fingerprint density at radius 3 is 2.94 bits per heavy atom. The second-order valence-corrected chi connectivity index (χ2v) is 4.51. The minimum Gasteiger partial charge on any atom is -0.338 e. The van der Waals surface area contributed by atoms with E-state index in [9.17, 15) is 9.18 Å². The summed E-state index contributed by atoms with van der Waals surface area (Å²) < 4.78 is 13.3. The van der Waals surface area contributed by atoms with Crippen molar-refractivity contribution in [2.24, 2.45) is 5.92 Å².